The molecule has 1 heterocycles. The average Bonchev–Trinajstić information content (AvgIpc) is 3.30. The third-order valence-corrected chi connectivity index (χ3v) is 5.22. The van der Waals surface area contributed by atoms with Gasteiger partial charge in [0.1, 0.15) is 0 Å². The fraction of sp³-hybridized carbons (Fsp3) is 0.944. The van der Waals surface area contributed by atoms with Crippen LogP contribution in [-0.2, 0) is 14.3 Å². The van der Waals surface area contributed by atoms with Gasteiger partial charge in [-0.15, -0.1) is 0 Å². The first kappa shape index (κ1) is 16.8. The first-order valence-electron chi connectivity index (χ1n) is 8.99. The van der Waals surface area contributed by atoms with Crippen LogP contribution >= 0.6 is 0 Å². The number of hydrogen-bond acceptors (Lipinski definition) is 3. The van der Waals surface area contributed by atoms with Crippen molar-refractivity contribution in [3.05, 3.63) is 0 Å². The molecule has 1 unspecified atom stereocenters. The highest BCUT2D eigenvalue weighted by molar-refractivity contribution is 5.82. The minimum atomic E-state index is -0.560. The number of unbranched alkanes of at least 4 members (excludes halogenated alkanes) is 4. The third-order valence-electron chi connectivity index (χ3n) is 5.22. The highest BCUT2D eigenvalue weighted by Crippen LogP contribution is 2.34. The molecule has 1 aliphatic carbocycles. The predicted molar refractivity (Wildman–Crippen MR) is 84.2 cm³/mol. The summed E-state index contributed by atoms with van der Waals surface area (Å²) in [5, 5.41) is 0. The fourth-order valence-electron chi connectivity index (χ4n) is 3.66. The molecule has 0 aromatic rings. The number of esters is 1. The van der Waals surface area contributed by atoms with Crippen molar-refractivity contribution in [2.24, 2.45) is 5.92 Å². The fourth-order valence-corrected chi connectivity index (χ4v) is 3.66. The van der Waals surface area contributed by atoms with Crippen molar-refractivity contribution in [1.29, 1.82) is 0 Å². The maximum Gasteiger partial charge on any atom is 0.340 e. The summed E-state index contributed by atoms with van der Waals surface area (Å²) in [7, 11) is 1.44. The van der Waals surface area contributed by atoms with Crippen LogP contribution in [-0.4, -0.2) is 25.3 Å². The molecule has 0 amide bonds. The first-order valence-corrected chi connectivity index (χ1v) is 8.99. The largest absolute Gasteiger partial charge is 0.467 e. The molecule has 0 N–H and O–H groups in total. The van der Waals surface area contributed by atoms with E-state index in [1.807, 2.05) is 0 Å². The van der Waals surface area contributed by atoms with Crippen LogP contribution in [0.5, 0.6) is 0 Å². The molecule has 21 heavy (non-hydrogen) atoms. The number of methoxy groups -OCH3 is 1. The van der Waals surface area contributed by atoms with E-state index in [4.69, 9.17) is 9.47 Å². The lowest BCUT2D eigenvalue weighted by molar-refractivity contribution is -0.147. The lowest BCUT2D eigenvalue weighted by Gasteiger charge is -2.13. The van der Waals surface area contributed by atoms with Crippen molar-refractivity contribution < 1.29 is 14.3 Å². The van der Waals surface area contributed by atoms with Crippen molar-refractivity contribution in [3.8, 4) is 0 Å². The summed E-state index contributed by atoms with van der Waals surface area (Å²) in [4.78, 5) is 11.5. The maximum atomic E-state index is 11.5. The zero-order chi connectivity index (χ0) is 15.0. The normalized spacial score (nSPS) is 26.3. The van der Waals surface area contributed by atoms with E-state index in [9.17, 15) is 4.79 Å². The molecule has 0 aromatic carbocycles. The smallest absolute Gasteiger partial charge is 0.340 e. The molecule has 122 valence electrons. The molecular weight excluding hydrogens is 264 g/mol. The predicted octanol–water partition coefficient (Wildman–Crippen LogP) is 4.63. The van der Waals surface area contributed by atoms with Crippen LogP contribution in [0.25, 0.3) is 0 Å². The molecule has 2 rings (SSSR count). The summed E-state index contributed by atoms with van der Waals surface area (Å²) in [5.74, 6) is 0.825. The Hall–Kier alpha value is -0.570. The lowest BCUT2D eigenvalue weighted by Crippen LogP contribution is -2.25. The molecule has 2 aliphatic rings. The lowest BCUT2D eigenvalue weighted by atomic mass is 9.93. The van der Waals surface area contributed by atoms with Crippen LogP contribution in [0.4, 0.5) is 0 Å². The molecular formula is C18H32O3. The Morgan fingerprint density at radius 1 is 1.05 bits per heavy atom. The molecule has 2 fully saturated rings. The molecule has 0 bridgehead atoms. The van der Waals surface area contributed by atoms with E-state index in [0.29, 0.717) is 6.61 Å². The van der Waals surface area contributed by atoms with E-state index in [0.717, 1.165) is 18.8 Å². The second-order valence-electron chi connectivity index (χ2n) is 6.94. The number of epoxide rings is 1. The molecule has 3 nitrogen and oxygen atoms in total. The highest BCUT2D eigenvalue weighted by Gasteiger charge is 2.52. The third kappa shape index (κ3) is 5.61. The van der Waals surface area contributed by atoms with Gasteiger partial charge >= 0.3 is 5.97 Å². The number of hydrogen-bond donors (Lipinski definition) is 0. The minimum Gasteiger partial charge on any atom is -0.467 e. The van der Waals surface area contributed by atoms with Crippen LogP contribution in [0, 0.1) is 5.92 Å². The topological polar surface area (TPSA) is 38.8 Å². The number of ether oxygens (including phenoxy) is 2. The van der Waals surface area contributed by atoms with Crippen molar-refractivity contribution in [2.75, 3.05) is 13.7 Å². The van der Waals surface area contributed by atoms with Gasteiger partial charge in [0.2, 0.25) is 0 Å². The maximum absolute atomic E-state index is 11.5. The van der Waals surface area contributed by atoms with Crippen molar-refractivity contribution in [2.45, 2.75) is 89.1 Å². The molecule has 1 atom stereocenters. The van der Waals surface area contributed by atoms with E-state index < -0.39 is 5.60 Å². The molecule has 0 spiro atoms. The van der Waals surface area contributed by atoms with Crippen LogP contribution in [0.2, 0.25) is 0 Å². The second-order valence-corrected chi connectivity index (χ2v) is 6.94. The Bertz CT molecular complexity index is 302. The zero-order valence-corrected chi connectivity index (χ0v) is 13.7. The second kappa shape index (κ2) is 8.77. The van der Waals surface area contributed by atoms with Crippen molar-refractivity contribution in [3.63, 3.8) is 0 Å². The van der Waals surface area contributed by atoms with Gasteiger partial charge in [0.25, 0.3) is 0 Å². The van der Waals surface area contributed by atoms with E-state index in [-0.39, 0.29) is 5.97 Å². The van der Waals surface area contributed by atoms with Crippen LogP contribution in [0.1, 0.15) is 83.5 Å². The van der Waals surface area contributed by atoms with Crippen LogP contribution < -0.4 is 0 Å². The highest BCUT2D eigenvalue weighted by atomic mass is 16.6. The summed E-state index contributed by atoms with van der Waals surface area (Å²) in [5.41, 5.74) is -0.560. The van der Waals surface area contributed by atoms with E-state index in [1.165, 1.54) is 77.7 Å². The summed E-state index contributed by atoms with van der Waals surface area (Å²) < 4.78 is 10.1. The average molecular weight is 296 g/mol. The number of rotatable bonds is 9. The zero-order valence-electron chi connectivity index (χ0n) is 13.7. The van der Waals surface area contributed by atoms with E-state index in [1.54, 1.807) is 0 Å². The van der Waals surface area contributed by atoms with Gasteiger partial charge in [-0.25, -0.2) is 4.79 Å². The Morgan fingerprint density at radius 2 is 1.67 bits per heavy atom. The Balaban J connectivity index is 1.44. The Morgan fingerprint density at radius 3 is 2.29 bits per heavy atom. The van der Waals surface area contributed by atoms with Gasteiger partial charge in [-0.2, -0.15) is 0 Å². The number of carbonyl (C=O) groups is 1. The molecule has 1 saturated carbocycles. The summed E-state index contributed by atoms with van der Waals surface area (Å²) in [6, 6.07) is 0. The monoisotopic (exact) mass is 296 g/mol. The van der Waals surface area contributed by atoms with Gasteiger partial charge in [0.05, 0.1) is 13.7 Å². The molecule has 1 saturated heterocycles. The van der Waals surface area contributed by atoms with Crippen LogP contribution in [0.15, 0.2) is 0 Å². The van der Waals surface area contributed by atoms with Gasteiger partial charge in [0, 0.05) is 0 Å². The van der Waals surface area contributed by atoms with Gasteiger partial charge in [-0.1, -0.05) is 70.6 Å². The van der Waals surface area contributed by atoms with Gasteiger partial charge < -0.3 is 9.47 Å². The van der Waals surface area contributed by atoms with Gasteiger partial charge in [0.15, 0.2) is 5.60 Å². The van der Waals surface area contributed by atoms with Crippen molar-refractivity contribution in [1.82, 2.24) is 0 Å². The Labute approximate surface area is 129 Å². The first-order chi connectivity index (χ1) is 10.3. The Kier molecular flexibility index (Phi) is 7.01. The molecule has 1 aliphatic heterocycles. The number of carbonyl (C=O) groups excluding carboxylic acids is 1. The minimum absolute atomic E-state index is 0.184. The van der Waals surface area contributed by atoms with E-state index >= 15 is 0 Å². The molecule has 3 heteroatoms. The van der Waals surface area contributed by atoms with Gasteiger partial charge in [-0.3, -0.25) is 0 Å². The summed E-state index contributed by atoms with van der Waals surface area (Å²) in [6.45, 7) is 0.557. The van der Waals surface area contributed by atoms with Crippen LogP contribution in [0.3, 0.4) is 0 Å². The molecule has 0 radical (unpaired) electrons. The van der Waals surface area contributed by atoms with Gasteiger partial charge in [-0.05, 0) is 18.8 Å². The summed E-state index contributed by atoms with van der Waals surface area (Å²) >= 11 is 0. The standard InChI is InChI=1S/C18H32O3/c1-20-17(19)18(15-21-18)14-10-6-2-3-7-11-16-12-8-4-5-9-13-16/h16H,2-15H2,1H3. The molecule has 0 aromatic heterocycles. The SMILES string of the molecule is COC(=O)C1(CCCCCCCC2CCCCCC2)CO1. The van der Waals surface area contributed by atoms with E-state index in [2.05, 4.69) is 0 Å². The van der Waals surface area contributed by atoms with Crippen molar-refractivity contribution >= 4 is 5.97 Å². The quantitative estimate of drug-likeness (QED) is 0.269. The summed E-state index contributed by atoms with van der Waals surface area (Å²) in [6.07, 6.45) is 17.4.